The molecule has 3 amide bonds. The number of hydrogen-bond donors (Lipinski definition) is 6. The monoisotopic (exact) mass is 438 g/mol. The van der Waals surface area contributed by atoms with Crippen LogP contribution >= 0.6 is 0 Å². The number of aromatic amines is 1. The van der Waals surface area contributed by atoms with Crippen molar-refractivity contribution in [2.24, 2.45) is 17.6 Å². The van der Waals surface area contributed by atoms with Crippen LogP contribution in [0.5, 0.6) is 0 Å². The summed E-state index contributed by atoms with van der Waals surface area (Å²) in [5.74, 6) is -2.65. The molecule has 1 heterocycles. The maximum atomic E-state index is 12.9. The Bertz CT molecular complexity index is 734. The van der Waals surface area contributed by atoms with E-state index in [2.05, 4.69) is 25.9 Å². The molecule has 11 heteroatoms. The smallest absolute Gasteiger partial charge is 0.326 e. The van der Waals surface area contributed by atoms with Crippen molar-refractivity contribution in [2.45, 2.75) is 65.1 Å². The minimum atomic E-state index is -1.20. The van der Waals surface area contributed by atoms with Gasteiger partial charge in [-0.2, -0.15) is 0 Å². The summed E-state index contributed by atoms with van der Waals surface area (Å²) in [6.45, 7) is 7.31. The van der Waals surface area contributed by atoms with Gasteiger partial charge in [-0.15, -0.1) is 0 Å². The second kappa shape index (κ2) is 12.7. The van der Waals surface area contributed by atoms with Crippen LogP contribution in [-0.4, -0.2) is 63.4 Å². The van der Waals surface area contributed by atoms with E-state index in [1.165, 1.54) is 12.5 Å². The Labute approximate surface area is 181 Å². The van der Waals surface area contributed by atoms with Gasteiger partial charge in [0.25, 0.3) is 0 Å². The topological polar surface area (TPSA) is 179 Å². The molecule has 0 aliphatic heterocycles. The SMILES string of the molecule is CC(C)CC(NC(=O)CN)C(=O)NC(CC(C)C)C(=O)NC(Cc1cnc[nH]1)C(=O)O. The predicted molar refractivity (Wildman–Crippen MR) is 114 cm³/mol. The quantitative estimate of drug-likeness (QED) is 0.241. The van der Waals surface area contributed by atoms with Crippen molar-refractivity contribution in [3.8, 4) is 0 Å². The first kappa shape index (κ1) is 26.1. The van der Waals surface area contributed by atoms with Gasteiger partial charge in [0.2, 0.25) is 17.7 Å². The molecule has 0 aliphatic carbocycles. The fourth-order valence-electron chi connectivity index (χ4n) is 3.02. The van der Waals surface area contributed by atoms with E-state index < -0.39 is 41.8 Å². The number of carboxylic acid groups (broad SMARTS) is 1. The van der Waals surface area contributed by atoms with Crippen LogP contribution in [0.2, 0.25) is 0 Å². The molecule has 31 heavy (non-hydrogen) atoms. The summed E-state index contributed by atoms with van der Waals surface area (Å²) in [5.41, 5.74) is 5.89. The van der Waals surface area contributed by atoms with Crippen LogP contribution < -0.4 is 21.7 Å². The first-order valence-corrected chi connectivity index (χ1v) is 10.3. The molecular weight excluding hydrogens is 404 g/mol. The molecule has 1 aromatic rings. The third-order valence-corrected chi connectivity index (χ3v) is 4.48. The number of aromatic nitrogens is 2. The van der Waals surface area contributed by atoms with Gasteiger partial charge in [0, 0.05) is 18.3 Å². The maximum absolute atomic E-state index is 12.9. The normalized spacial score (nSPS) is 14.0. The van der Waals surface area contributed by atoms with Crippen molar-refractivity contribution in [1.29, 1.82) is 0 Å². The second-order valence-electron chi connectivity index (χ2n) is 8.32. The number of aliphatic carboxylic acids is 1. The molecule has 0 saturated heterocycles. The molecule has 7 N–H and O–H groups in total. The molecule has 0 spiro atoms. The van der Waals surface area contributed by atoms with Crippen LogP contribution in [-0.2, 0) is 25.6 Å². The second-order valence-corrected chi connectivity index (χ2v) is 8.32. The molecule has 0 radical (unpaired) electrons. The highest BCUT2D eigenvalue weighted by Crippen LogP contribution is 2.10. The predicted octanol–water partition coefficient (Wildman–Crippen LogP) is -0.458. The van der Waals surface area contributed by atoms with Gasteiger partial charge in [-0.3, -0.25) is 14.4 Å². The van der Waals surface area contributed by atoms with Crippen molar-refractivity contribution >= 4 is 23.7 Å². The standard InChI is InChI=1S/C20H34N6O5/c1-11(2)5-14(24-17(27)8-21)18(28)25-15(6-12(3)4)19(29)26-16(20(30)31)7-13-9-22-10-23-13/h9-12,14-16H,5-8,21H2,1-4H3,(H,22,23)(H,24,27)(H,25,28)(H,26,29)(H,30,31). The van der Waals surface area contributed by atoms with Crippen LogP contribution in [0.15, 0.2) is 12.5 Å². The van der Waals surface area contributed by atoms with Crippen LogP contribution in [0, 0.1) is 11.8 Å². The van der Waals surface area contributed by atoms with E-state index in [-0.39, 0.29) is 24.8 Å². The fraction of sp³-hybridized carbons (Fsp3) is 0.650. The van der Waals surface area contributed by atoms with E-state index in [1.807, 2.05) is 27.7 Å². The average molecular weight is 439 g/mol. The molecule has 0 aliphatic rings. The van der Waals surface area contributed by atoms with Gasteiger partial charge in [0.05, 0.1) is 12.9 Å². The Morgan fingerprint density at radius 2 is 1.48 bits per heavy atom. The van der Waals surface area contributed by atoms with Crippen molar-refractivity contribution in [3.05, 3.63) is 18.2 Å². The fourth-order valence-corrected chi connectivity index (χ4v) is 3.02. The van der Waals surface area contributed by atoms with E-state index >= 15 is 0 Å². The van der Waals surface area contributed by atoms with Gasteiger partial charge in [0.1, 0.15) is 18.1 Å². The largest absolute Gasteiger partial charge is 0.480 e. The summed E-state index contributed by atoms with van der Waals surface area (Å²) < 4.78 is 0. The summed E-state index contributed by atoms with van der Waals surface area (Å²) in [6, 6.07) is -3.00. The van der Waals surface area contributed by atoms with Crippen molar-refractivity contribution in [1.82, 2.24) is 25.9 Å². The number of carboxylic acids is 1. The molecule has 0 aromatic carbocycles. The molecule has 0 saturated carbocycles. The summed E-state index contributed by atoms with van der Waals surface area (Å²) in [5, 5.41) is 17.2. The van der Waals surface area contributed by atoms with Gasteiger partial charge in [-0.25, -0.2) is 9.78 Å². The third kappa shape index (κ3) is 9.60. The molecule has 11 nitrogen and oxygen atoms in total. The number of hydrogen-bond acceptors (Lipinski definition) is 6. The van der Waals surface area contributed by atoms with Gasteiger partial charge >= 0.3 is 5.97 Å². The van der Waals surface area contributed by atoms with Crippen LogP contribution in [0.25, 0.3) is 0 Å². The number of rotatable bonds is 13. The molecule has 174 valence electrons. The highest BCUT2D eigenvalue weighted by molar-refractivity contribution is 5.93. The molecule has 1 aromatic heterocycles. The third-order valence-electron chi connectivity index (χ3n) is 4.48. The van der Waals surface area contributed by atoms with Gasteiger partial charge in [-0.05, 0) is 24.7 Å². The highest BCUT2D eigenvalue weighted by Gasteiger charge is 2.30. The highest BCUT2D eigenvalue weighted by atomic mass is 16.4. The number of nitrogens with one attached hydrogen (secondary N) is 4. The number of carbonyl (C=O) groups excluding carboxylic acids is 3. The van der Waals surface area contributed by atoms with Gasteiger partial charge in [0.15, 0.2) is 0 Å². The summed E-state index contributed by atoms with van der Waals surface area (Å²) >= 11 is 0. The minimum absolute atomic E-state index is 0.0198. The molecule has 0 fully saturated rings. The Balaban J connectivity index is 2.93. The van der Waals surface area contributed by atoms with Crippen LogP contribution in [0.4, 0.5) is 0 Å². The lowest BCUT2D eigenvalue weighted by atomic mass is 9.99. The summed E-state index contributed by atoms with van der Waals surface area (Å²) in [6.07, 6.45) is 3.58. The van der Waals surface area contributed by atoms with E-state index in [9.17, 15) is 24.3 Å². The average Bonchev–Trinajstić information content (AvgIpc) is 3.18. The van der Waals surface area contributed by atoms with Gasteiger partial charge in [-0.1, -0.05) is 27.7 Å². The molecule has 0 bridgehead atoms. The van der Waals surface area contributed by atoms with Gasteiger partial charge < -0.3 is 31.8 Å². The van der Waals surface area contributed by atoms with Crippen molar-refractivity contribution in [3.63, 3.8) is 0 Å². The minimum Gasteiger partial charge on any atom is -0.480 e. The Morgan fingerprint density at radius 3 is 1.90 bits per heavy atom. The number of imidazole rings is 1. The lowest BCUT2D eigenvalue weighted by molar-refractivity contribution is -0.142. The number of H-pyrrole nitrogens is 1. The first-order chi connectivity index (χ1) is 14.5. The Kier molecular flexibility index (Phi) is 10.7. The Hall–Kier alpha value is -2.95. The first-order valence-electron chi connectivity index (χ1n) is 10.3. The van der Waals surface area contributed by atoms with Crippen LogP contribution in [0.3, 0.4) is 0 Å². The number of carbonyl (C=O) groups is 4. The van der Waals surface area contributed by atoms with Crippen molar-refractivity contribution < 1.29 is 24.3 Å². The maximum Gasteiger partial charge on any atom is 0.326 e. The summed E-state index contributed by atoms with van der Waals surface area (Å²) in [7, 11) is 0. The lowest BCUT2D eigenvalue weighted by Gasteiger charge is -2.26. The lowest BCUT2D eigenvalue weighted by Crippen LogP contribution is -2.57. The zero-order chi connectivity index (χ0) is 23.6. The number of nitrogens with two attached hydrogens (primary N) is 1. The molecule has 3 atom stereocenters. The summed E-state index contributed by atoms with van der Waals surface area (Å²) in [4.78, 5) is 55.6. The zero-order valence-corrected chi connectivity index (χ0v) is 18.5. The van der Waals surface area contributed by atoms with Crippen LogP contribution in [0.1, 0.15) is 46.2 Å². The molecular formula is C20H34N6O5. The van der Waals surface area contributed by atoms with E-state index in [1.54, 1.807) is 0 Å². The number of amides is 3. The van der Waals surface area contributed by atoms with Crippen molar-refractivity contribution in [2.75, 3.05) is 6.54 Å². The molecule has 1 rings (SSSR count). The molecule has 3 unspecified atom stereocenters. The number of nitrogens with zero attached hydrogens (tertiary/aromatic N) is 1. The Morgan fingerprint density at radius 1 is 0.968 bits per heavy atom. The zero-order valence-electron chi connectivity index (χ0n) is 18.5. The van der Waals surface area contributed by atoms with E-state index in [0.29, 0.717) is 18.5 Å². The van der Waals surface area contributed by atoms with E-state index in [4.69, 9.17) is 5.73 Å². The van der Waals surface area contributed by atoms with E-state index in [0.717, 1.165) is 0 Å².